The molecule has 1 aliphatic heterocycles. The van der Waals surface area contributed by atoms with Gasteiger partial charge in [-0.25, -0.2) is 0 Å². The minimum absolute atomic E-state index is 0.101. The van der Waals surface area contributed by atoms with Gasteiger partial charge in [0.05, 0.1) is 6.54 Å². The molecule has 0 spiro atoms. The van der Waals surface area contributed by atoms with Crippen molar-refractivity contribution < 1.29 is 14.3 Å². The van der Waals surface area contributed by atoms with E-state index in [4.69, 9.17) is 10.5 Å². The highest BCUT2D eigenvalue weighted by molar-refractivity contribution is 5.97. The summed E-state index contributed by atoms with van der Waals surface area (Å²) in [4.78, 5) is 24.4. The van der Waals surface area contributed by atoms with Gasteiger partial charge in [-0.1, -0.05) is 12.1 Å². The van der Waals surface area contributed by atoms with Crippen LogP contribution < -0.4 is 10.5 Å². The van der Waals surface area contributed by atoms with Crippen LogP contribution in [0.3, 0.4) is 0 Å². The monoisotopic (exact) mass is 262 g/mol. The molecule has 0 unspecified atom stereocenters. The van der Waals surface area contributed by atoms with E-state index in [1.807, 2.05) is 24.3 Å². The number of nitrogens with zero attached hydrogens (tertiary/aromatic N) is 1. The van der Waals surface area contributed by atoms with E-state index in [-0.39, 0.29) is 11.8 Å². The molecule has 5 heteroatoms. The highest BCUT2D eigenvalue weighted by atomic mass is 16.5. The lowest BCUT2D eigenvalue weighted by molar-refractivity contribution is -0.148. The van der Waals surface area contributed by atoms with Crippen molar-refractivity contribution in [2.24, 2.45) is 5.73 Å². The fraction of sp³-hybridized carbons (Fsp3) is 0.429. The summed E-state index contributed by atoms with van der Waals surface area (Å²) in [5.41, 5.74) is 6.54. The number of amides is 2. The van der Waals surface area contributed by atoms with E-state index in [0.717, 1.165) is 5.56 Å². The van der Waals surface area contributed by atoms with E-state index < -0.39 is 0 Å². The predicted molar refractivity (Wildman–Crippen MR) is 70.4 cm³/mol. The Bertz CT molecular complexity index is 458. The van der Waals surface area contributed by atoms with E-state index in [1.54, 1.807) is 0 Å². The molecule has 0 saturated carbocycles. The van der Waals surface area contributed by atoms with Crippen molar-refractivity contribution in [3.8, 4) is 5.75 Å². The van der Waals surface area contributed by atoms with E-state index in [2.05, 4.69) is 0 Å². The molecule has 1 aliphatic rings. The van der Waals surface area contributed by atoms with Gasteiger partial charge in [0, 0.05) is 19.4 Å². The zero-order chi connectivity index (χ0) is 13.7. The molecule has 1 aromatic carbocycles. The summed E-state index contributed by atoms with van der Waals surface area (Å²) < 4.78 is 5.55. The van der Waals surface area contributed by atoms with Crippen molar-refractivity contribution in [3.63, 3.8) is 0 Å². The Morgan fingerprint density at radius 1 is 1.21 bits per heavy atom. The number of imide groups is 1. The number of piperidine rings is 1. The number of carbonyl (C=O) groups excluding carboxylic acids is 2. The summed E-state index contributed by atoms with van der Waals surface area (Å²) in [6, 6.07) is 7.48. The van der Waals surface area contributed by atoms with Crippen molar-refractivity contribution in [2.75, 3.05) is 13.2 Å². The van der Waals surface area contributed by atoms with Crippen LogP contribution in [-0.2, 0) is 16.1 Å². The first kappa shape index (κ1) is 13.5. The van der Waals surface area contributed by atoms with Crippen LogP contribution >= 0.6 is 0 Å². The van der Waals surface area contributed by atoms with Gasteiger partial charge >= 0.3 is 0 Å². The topological polar surface area (TPSA) is 72.6 Å². The minimum Gasteiger partial charge on any atom is -0.492 e. The number of hydrogen-bond acceptors (Lipinski definition) is 4. The van der Waals surface area contributed by atoms with Crippen LogP contribution in [0.5, 0.6) is 5.75 Å². The molecule has 1 heterocycles. The van der Waals surface area contributed by atoms with E-state index in [1.165, 1.54) is 4.90 Å². The van der Waals surface area contributed by atoms with Crippen molar-refractivity contribution in [1.82, 2.24) is 4.90 Å². The van der Waals surface area contributed by atoms with E-state index >= 15 is 0 Å². The second-order valence-electron chi connectivity index (χ2n) is 4.49. The third-order valence-electron chi connectivity index (χ3n) is 3.10. The number of nitrogens with two attached hydrogens (primary N) is 1. The molecule has 0 bridgehead atoms. The second kappa shape index (κ2) is 6.33. The maximum atomic E-state index is 11.6. The molecule has 0 radical (unpaired) electrons. The molecule has 1 fully saturated rings. The molecule has 2 amide bonds. The summed E-state index contributed by atoms with van der Waals surface area (Å²) in [5.74, 6) is 0.506. The highest BCUT2D eigenvalue weighted by Gasteiger charge is 2.25. The first-order valence-electron chi connectivity index (χ1n) is 6.45. The summed E-state index contributed by atoms with van der Waals surface area (Å²) in [5, 5.41) is 0. The molecule has 19 heavy (non-hydrogen) atoms. The average molecular weight is 262 g/mol. The lowest BCUT2D eigenvalue weighted by Gasteiger charge is -2.24. The fourth-order valence-electron chi connectivity index (χ4n) is 2.07. The Balaban J connectivity index is 1.85. The lowest BCUT2D eigenvalue weighted by atomic mass is 10.1. The standard InChI is InChI=1S/C14H18N2O3/c15-10-11-3-1-4-12(9-11)19-8-7-16-13(17)5-2-6-14(16)18/h1,3-4,9H,2,5-8,10,15H2. The Hall–Kier alpha value is -1.88. The van der Waals surface area contributed by atoms with Crippen LogP contribution in [0, 0.1) is 0 Å². The Morgan fingerprint density at radius 3 is 2.63 bits per heavy atom. The van der Waals surface area contributed by atoms with Crippen molar-refractivity contribution in [3.05, 3.63) is 29.8 Å². The second-order valence-corrected chi connectivity index (χ2v) is 4.49. The first-order valence-corrected chi connectivity index (χ1v) is 6.45. The molecule has 2 rings (SSSR count). The van der Waals surface area contributed by atoms with Crippen molar-refractivity contribution in [1.29, 1.82) is 0 Å². The fourth-order valence-corrected chi connectivity index (χ4v) is 2.07. The van der Waals surface area contributed by atoms with Crippen molar-refractivity contribution >= 4 is 11.8 Å². The van der Waals surface area contributed by atoms with E-state index in [0.29, 0.717) is 44.7 Å². The van der Waals surface area contributed by atoms with Crippen LogP contribution in [0.4, 0.5) is 0 Å². The summed E-state index contributed by atoms with van der Waals surface area (Å²) in [7, 11) is 0. The van der Waals surface area contributed by atoms with Crippen LogP contribution in [-0.4, -0.2) is 29.9 Å². The van der Waals surface area contributed by atoms with Gasteiger partial charge in [0.25, 0.3) is 0 Å². The summed E-state index contributed by atoms with van der Waals surface area (Å²) >= 11 is 0. The molecule has 102 valence electrons. The van der Waals surface area contributed by atoms with Crippen LogP contribution in [0.25, 0.3) is 0 Å². The number of carbonyl (C=O) groups is 2. The highest BCUT2D eigenvalue weighted by Crippen LogP contribution is 2.14. The average Bonchev–Trinajstić information content (AvgIpc) is 2.42. The molecule has 2 N–H and O–H groups in total. The van der Waals surface area contributed by atoms with Crippen molar-refractivity contribution in [2.45, 2.75) is 25.8 Å². The molecule has 1 aromatic rings. The first-order chi connectivity index (χ1) is 9.20. The number of benzene rings is 1. The van der Waals surface area contributed by atoms with Gasteiger partial charge in [-0.15, -0.1) is 0 Å². The smallest absolute Gasteiger partial charge is 0.229 e. The number of likely N-dealkylation sites (tertiary alicyclic amines) is 1. The number of hydrogen-bond donors (Lipinski definition) is 1. The largest absolute Gasteiger partial charge is 0.492 e. The van der Waals surface area contributed by atoms with Gasteiger partial charge in [-0.3, -0.25) is 14.5 Å². The summed E-state index contributed by atoms with van der Waals surface area (Å²) in [6.45, 7) is 1.08. The van der Waals surface area contributed by atoms with Gasteiger partial charge in [0.1, 0.15) is 12.4 Å². The third-order valence-corrected chi connectivity index (χ3v) is 3.10. The van der Waals surface area contributed by atoms with Gasteiger partial charge in [-0.05, 0) is 24.1 Å². The molecular formula is C14H18N2O3. The minimum atomic E-state index is -0.101. The Labute approximate surface area is 112 Å². The molecule has 0 aliphatic carbocycles. The number of rotatable bonds is 5. The maximum Gasteiger partial charge on any atom is 0.229 e. The zero-order valence-corrected chi connectivity index (χ0v) is 10.8. The molecule has 0 atom stereocenters. The third kappa shape index (κ3) is 3.54. The van der Waals surface area contributed by atoms with Crippen LogP contribution in [0.1, 0.15) is 24.8 Å². The predicted octanol–water partition coefficient (Wildman–Crippen LogP) is 1.06. The Morgan fingerprint density at radius 2 is 1.95 bits per heavy atom. The lowest BCUT2D eigenvalue weighted by Crippen LogP contribution is -2.42. The molecule has 0 aromatic heterocycles. The Kier molecular flexibility index (Phi) is 4.52. The van der Waals surface area contributed by atoms with Gasteiger partial charge < -0.3 is 10.5 Å². The molecule has 5 nitrogen and oxygen atoms in total. The zero-order valence-electron chi connectivity index (χ0n) is 10.8. The van der Waals surface area contributed by atoms with Gasteiger partial charge in [-0.2, -0.15) is 0 Å². The SMILES string of the molecule is NCc1cccc(OCCN2C(=O)CCCC2=O)c1. The van der Waals surface area contributed by atoms with Gasteiger partial charge in [0.15, 0.2) is 0 Å². The van der Waals surface area contributed by atoms with E-state index in [9.17, 15) is 9.59 Å². The normalized spacial score (nSPS) is 15.7. The van der Waals surface area contributed by atoms with Crippen LogP contribution in [0.15, 0.2) is 24.3 Å². The summed E-state index contributed by atoms with van der Waals surface area (Å²) in [6.07, 6.45) is 1.57. The van der Waals surface area contributed by atoms with Gasteiger partial charge in [0.2, 0.25) is 11.8 Å². The number of ether oxygens (including phenoxy) is 1. The molecule has 1 saturated heterocycles. The molecular weight excluding hydrogens is 244 g/mol. The quantitative estimate of drug-likeness (QED) is 0.805. The van der Waals surface area contributed by atoms with Crippen LogP contribution in [0.2, 0.25) is 0 Å². The maximum absolute atomic E-state index is 11.6.